The molecule has 4 nitrogen and oxygen atoms in total. The van der Waals surface area contributed by atoms with Gasteiger partial charge in [-0.1, -0.05) is 18.2 Å². The molecule has 0 amide bonds. The molecule has 2 N–H and O–H groups in total. The molecule has 1 aromatic heterocycles. The van der Waals surface area contributed by atoms with Gasteiger partial charge in [0.05, 0.1) is 11.2 Å². The van der Waals surface area contributed by atoms with E-state index in [1.807, 2.05) is 24.3 Å². The summed E-state index contributed by atoms with van der Waals surface area (Å²) in [7, 11) is 0. The lowest BCUT2D eigenvalue weighted by molar-refractivity contribution is -0.111. The van der Waals surface area contributed by atoms with Crippen molar-refractivity contribution in [2.45, 2.75) is 0 Å². The maximum atomic E-state index is 11.5. The van der Waals surface area contributed by atoms with E-state index in [0.29, 0.717) is 11.3 Å². The van der Waals surface area contributed by atoms with Crippen molar-refractivity contribution in [3.63, 3.8) is 0 Å². The molecule has 4 heteroatoms. The number of benzene rings is 1. The Hall–Kier alpha value is -2.49. The molecule has 2 aromatic rings. The summed E-state index contributed by atoms with van der Waals surface area (Å²) in [6, 6.07) is 9.21. The third kappa shape index (κ3) is 1.34. The highest BCUT2D eigenvalue weighted by Gasteiger charge is 2.25. The zero-order valence-corrected chi connectivity index (χ0v) is 8.77. The maximum Gasteiger partial charge on any atom is 0.245 e. The highest BCUT2D eigenvalue weighted by Crippen LogP contribution is 2.23. The van der Waals surface area contributed by atoms with Gasteiger partial charge in [-0.25, -0.2) is 4.98 Å². The van der Waals surface area contributed by atoms with Gasteiger partial charge in [0.15, 0.2) is 5.76 Å². The predicted octanol–water partition coefficient (Wildman–Crippen LogP) is 2.08. The summed E-state index contributed by atoms with van der Waals surface area (Å²) >= 11 is 0. The fourth-order valence-corrected chi connectivity index (χ4v) is 1.89. The molecule has 0 aliphatic heterocycles. The normalized spacial score (nSPS) is 14.7. The van der Waals surface area contributed by atoms with E-state index in [-0.39, 0.29) is 5.71 Å². The lowest BCUT2D eigenvalue weighted by Crippen LogP contribution is -2.21. The van der Waals surface area contributed by atoms with Gasteiger partial charge in [0, 0.05) is 17.0 Å². The Morgan fingerprint density at radius 3 is 2.82 bits per heavy atom. The van der Waals surface area contributed by atoms with Gasteiger partial charge in [-0.2, -0.15) is 0 Å². The molecule has 0 saturated heterocycles. The Morgan fingerprint density at radius 2 is 2.00 bits per heavy atom. The fourth-order valence-electron chi connectivity index (χ4n) is 1.89. The Kier molecular flexibility index (Phi) is 1.86. The first-order valence-electron chi connectivity index (χ1n) is 5.11. The summed E-state index contributed by atoms with van der Waals surface area (Å²) < 4.78 is 0. The third-order valence-corrected chi connectivity index (χ3v) is 2.76. The first-order valence-corrected chi connectivity index (χ1v) is 5.11. The minimum atomic E-state index is -0.658. The Labute approximate surface area is 96.7 Å². The number of hydrogen-bond acceptors (Lipinski definition) is 4. The Balaban J connectivity index is 2.37. The van der Waals surface area contributed by atoms with Gasteiger partial charge in [0.25, 0.3) is 0 Å². The van der Waals surface area contributed by atoms with E-state index in [1.54, 1.807) is 6.07 Å². The Bertz CT molecular complexity index is 702. The number of pyridine rings is 1. The van der Waals surface area contributed by atoms with Crippen molar-refractivity contribution in [3.8, 4) is 0 Å². The van der Waals surface area contributed by atoms with Crippen LogP contribution < -0.4 is 0 Å². The number of nitrogens with one attached hydrogen (secondary N) is 1. The van der Waals surface area contributed by atoms with E-state index in [0.717, 1.165) is 10.9 Å². The molecule has 1 heterocycles. The van der Waals surface area contributed by atoms with Gasteiger partial charge >= 0.3 is 0 Å². The number of para-hydroxylation sites is 1. The van der Waals surface area contributed by atoms with Gasteiger partial charge in [0.2, 0.25) is 5.78 Å². The number of allylic oxidation sites excluding steroid dienone is 1. The molecule has 0 unspecified atom stereocenters. The number of carbonyl (C=O) groups is 1. The SMILES string of the molecule is N=C1C(=O)C(O)=Cc2nc3ccccc3cc21. The van der Waals surface area contributed by atoms with Crippen LogP contribution in [0.5, 0.6) is 0 Å². The zero-order valence-electron chi connectivity index (χ0n) is 8.77. The molecule has 0 fully saturated rings. The van der Waals surface area contributed by atoms with Crippen molar-refractivity contribution in [2.75, 3.05) is 0 Å². The zero-order chi connectivity index (χ0) is 12.0. The highest BCUT2D eigenvalue weighted by molar-refractivity contribution is 6.52. The monoisotopic (exact) mass is 224 g/mol. The summed E-state index contributed by atoms with van der Waals surface area (Å²) in [5.41, 5.74) is 1.49. The van der Waals surface area contributed by atoms with Gasteiger partial charge in [0.1, 0.15) is 5.71 Å². The van der Waals surface area contributed by atoms with E-state index in [4.69, 9.17) is 5.41 Å². The number of fused-ring (bicyclic) bond motifs is 2. The molecule has 0 radical (unpaired) electrons. The fraction of sp³-hybridized carbons (Fsp3) is 0. The number of hydrogen-bond donors (Lipinski definition) is 2. The average molecular weight is 224 g/mol. The molecular weight excluding hydrogens is 216 g/mol. The molecular formula is C13H8N2O2. The van der Waals surface area contributed by atoms with Crippen molar-refractivity contribution in [2.24, 2.45) is 0 Å². The first kappa shape index (κ1) is 9.72. The number of carbonyl (C=O) groups excluding carboxylic acids is 1. The second kappa shape index (κ2) is 3.25. The van der Waals surface area contributed by atoms with Crippen LogP contribution in [-0.4, -0.2) is 21.6 Å². The molecule has 3 rings (SSSR count). The van der Waals surface area contributed by atoms with Crippen LogP contribution in [0, 0.1) is 5.41 Å². The number of rotatable bonds is 0. The van der Waals surface area contributed by atoms with Crippen LogP contribution in [-0.2, 0) is 4.79 Å². The van der Waals surface area contributed by atoms with Crippen molar-refractivity contribution in [3.05, 3.63) is 47.3 Å². The number of aliphatic hydroxyl groups is 1. The van der Waals surface area contributed by atoms with Crippen molar-refractivity contribution in [1.82, 2.24) is 4.98 Å². The summed E-state index contributed by atoms with van der Waals surface area (Å²) in [6.45, 7) is 0. The first-order chi connectivity index (χ1) is 8.16. The Morgan fingerprint density at radius 1 is 1.24 bits per heavy atom. The van der Waals surface area contributed by atoms with Crippen LogP contribution in [0.2, 0.25) is 0 Å². The van der Waals surface area contributed by atoms with Crippen LogP contribution in [0.25, 0.3) is 17.0 Å². The number of aromatic nitrogens is 1. The van der Waals surface area contributed by atoms with Gasteiger partial charge < -0.3 is 5.11 Å². The van der Waals surface area contributed by atoms with Crippen molar-refractivity contribution in [1.29, 1.82) is 5.41 Å². The maximum absolute atomic E-state index is 11.5. The lowest BCUT2D eigenvalue weighted by atomic mass is 9.96. The molecule has 1 aliphatic carbocycles. The number of nitrogens with zero attached hydrogens (tertiary/aromatic N) is 1. The van der Waals surface area contributed by atoms with E-state index >= 15 is 0 Å². The molecule has 1 aromatic carbocycles. The predicted molar refractivity (Wildman–Crippen MR) is 64.2 cm³/mol. The number of Topliss-reactive ketones (excluding diaryl/α,β-unsaturated/α-hetero) is 1. The van der Waals surface area contributed by atoms with Gasteiger partial charge in [-0.15, -0.1) is 0 Å². The topological polar surface area (TPSA) is 74.0 Å². The summed E-state index contributed by atoms with van der Waals surface area (Å²) in [6.07, 6.45) is 1.31. The molecule has 0 bridgehead atoms. The van der Waals surface area contributed by atoms with Crippen LogP contribution in [0.1, 0.15) is 11.3 Å². The van der Waals surface area contributed by atoms with E-state index in [9.17, 15) is 9.90 Å². The summed E-state index contributed by atoms with van der Waals surface area (Å²) in [4.78, 5) is 15.8. The molecule has 0 atom stereocenters. The lowest BCUT2D eigenvalue weighted by Gasteiger charge is -2.13. The third-order valence-electron chi connectivity index (χ3n) is 2.76. The second-order valence-electron chi connectivity index (χ2n) is 3.85. The molecule has 0 spiro atoms. The quantitative estimate of drug-likeness (QED) is 0.719. The van der Waals surface area contributed by atoms with E-state index in [2.05, 4.69) is 4.98 Å². The van der Waals surface area contributed by atoms with E-state index < -0.39 is 11.5 Å². The second-order valence-corrected chi connectivity index (χ2v) is 3.85. The van der Waals surface area contributed by atoms with Gasteiger partial charge in [-0.3, -0.25) is 10.2 Å². The van der Waals surface area contributed by atoms with Crippen molar-refractivity contribution < 1.29 is 9.90 Å². The van der Waals surface area contributed by atoms with Crippen LogP contribution in [0.15, 0.2) is 36.1 Å². The van der Waals surface area contributed by atoms with E-state index in [1.165, 1.54) is 6.08 Å². The largest absolute Gasteiger partial charge is 0.504 e. The number of aliphatic hydroxyl groups excluding tert-OH is 1. The standard InChI is InChI=1S/C13H8N2O2/c14-12-8-5-7-3-1-2-4-9(7)15-10(8)6-11(16)13(12)17/h1-6,14,16H. The van der Waals surface area contributed by atoms with Crippen LogP contribution >= 0.6 is 0 Å². The molecule has 82 valence electrons. The average Bonchev–Trinajstić information content (AvgIpc) is 2.34. The summed E-state index contributed by atoms with van der Waals surface area (Å²) in [5, 5.41) is 18.0. The van der Waals surface area contributed by atoms with Crippen LogP contribution in [0.3, 0.4) is 0 Å². The van der Waals surface area contributed by atoms with Crippen molar-refractivity contribution >= 4 is 28.5 Å². The van der Waals surface area contributed by atoms with Gasteiger partial charge in [-0.05, 0) is 12.1 Å². The summed E-state index contributed by atoms with van der Waals surface area (Å²) in [5.74, 6) is -1.08. The molecule has 1 aliphatic rings. The highest BCUT2D eigenvalue weighted by atomic mass is 16.3. The molecule has 17 heavy (non-hydrogen) atoms. The minimum absolute atomic E-state index is 0.210. The molecule has 0 saturated carbocycles. The smallest absolute Gasteiger partial charge is 0.245 e. The van der Waals surface area contributed by atoms with Crippen LogP contribution in [0.4, 0.5) is 0 Å². The number of ketones is 1. The minimum Gasteiger partial charge on any atom is -0.504 e.